The molecule has 1 unspecified atom stereocenters. The Hall–Kier alpha value is -0.970. The van der Waals surface area contributed by atoms with Gasteiger partial charge in [-0.1, -0.05) is 38.8 Å². The highest BCUT2D eigenvalue weighted by atomic mass is 32.2. The summed E-state index contributed by atoms with van der Waals surface area (Å²) in [7, 11) is 0. The number of thioether (sulfide) groups is 1. The third-order valence-corrected chi connectivity index (χ3v) is 3.88. The number of ketones is 1. The van der Waals surface area contributed by atoms with Gasteiger partial charge in [-0.2, -0.15) is 13.2 Å². The second kappa shape index (κ2) is 7.72. The Morgan fingerprint density at radius 1 is 1.20 bits per heavy atom. The van der Waals surface area contributed by atoms with Crippen molar-refractivity contribution in [1.29, 1.82) is 0 Å². The van der Waals surface area contributed by atoms with Crippen LogP contribution in [0, 0.1) is 5.92 Å². The van der Waals surface area contributed by atoms with Crippen molar-refractivity contribution in [2.24, 2.45) is 5.92 Å². The Balaban J connectivity index is 2.74. The Labute approximate surface area is 121 Å². The van der Waals surface area contributed by atoms with E-state index in [9.17, 15) is 18.0 Å². The Bertz CT molecular complexity index is 426. The van der Waals surface area contributed by atoms with Crippen LogP contribution in [-0.2, 0) is 0 Å². The predicted molar refractivity (Wildman–Crippen MR) is 76.0 cm³/mol. The molecule has 1 rings (SSSR count). The first-order chi connectivity index (χ1) is 9.37. The minimum absolute atomic E-state index is 0.0314. The van der Waals surface area contributed by atoms with E-state index in [-0.39, 0.29) is 28.4 Å². The lowest BCUT2D eigenvalue weighted by Gasteiger charge is -2.13. The van der Waals surface area contributed by atoms with Gasteiger partial charge in [0.05, 0.1) is 0 Å². The predicted octanol–water partition coefficient (Wildman–Crippen LogP) is 5.70. The van der Waals surface area contributed by atoms with Crippen molar-refractivity contribution in [3.05, 3.63) is 29.8 Å². The van der Waals surface area contributed by atoms with E-state index in [0.717, 1.165) is 25.7 Å². The van der Waals surface area contributed by atoms with Crippen molar-refractivity contribution in [2.45, 2.75) is 49.9 Å². The number of carbonyl (C=O) groups is 1. The summed E-state index contributed by atoms with van der Waals surface area (Å²) >= 11 is -0.162. The minimum Gasteiger partial charge on any atom is -0.294 e. The summed E-state index contributed by atoms with van der Waals surface area (Å²) in [6.07, 6.45) is 3.62. The zero-order valence-electron chi connectivity index (χ0n) is 11.7. The highest BCUT2D eigenvalue weighted by molar-refractivity contribution is 8.00. The van der Waals surface area contributed by atoms with E-state index in [1.807, 2.05) is 6.92 Å². The second-order valence-electron chi connectivity index (χ2n) is 4.68. The number of Topliss-reactive ketones (excluding diaryl/α,β-unsaturated/α-hetero) is 1. The lowest BCUT2D eigenvalue weighted by molar-refractivity contribution is -0.0328. The molecule has 1 atom stereocenters. The molecule has 1 aromatic carbocycles. The molecular formula is C15H19F3OS. The molecule has 0 aromatic heterocycles. The maximum Gasteiger partial charge on any atom is 0.446 e. The van der Waals surface area contributed by atoms with Crippen LogP contribution in [0.2, 0.25) is 0 Å². The third kappa shape index (κ3) is 5.57. The monoisotopic (exact) mass is 304 g/mol. The van der Waals surface area contributed by atoms with E-state index in [1.165, 1.54) is 24.3 Å². The summed E-state index contributed by atoms with van der Waals surface area (Å²) in [5.41, 5.74) is -3.79. The van der Waals surface area contributed by atoms with Crippen LogP contribution in [0.3, 0.4) is 0 Å². The molecule has 0 heterocycles. The van der Waals surface area contributed by atoms with Crippen LogP contribution >= 0.6 is 11.8 Å². The first-order valence-corrected chi connectivity index (χ1v) is 7.59. The average molecular weight is 304 g/mol. The van der Waals surface area contributed by atoms with Crippen molar-refractivity contribution >= 4 is 17.5 Å². The van der Waals surface area contributed by atoms with Gasteiger partial charge >= 0.3 is 5.51 Å². The maximum absolute atomic E-state index is 12.2. The summed E-state index contributed by atoms with van der Waals surface area (Å²) in [5.74, 6) is 0.000535. The number of hydrogen-bond donors (Lipinski definition) is 0. The molecule has 1 nitrogen and oxygen atoms in total. The molecule has 0 aliphatic heterocycles. The largest absolute Gasteiger partial charge is 0.446 e. The van der Waals surface area contributed by atoms with Gasteiger partial charge in [-0.3, -0.25) is 4.79 Å². The fraction of sp³-hybridized carbons (Fsp3) is 0.533. The lowest BCUT2D eigenvalue weighted by Crippen LogP contribution is -2.14. The molecule has 0 spiro atoms. The van der Waals surface area contributed by atoms with E-state index in [2.05, 4.69) is 6.92 Å². The second-order valence-corrected chi connectivity index (χ2v) is 5.82. The molecule has 0 aliphatic rings. The van der Waals surface area contributed by atoms with Gasteiger partial charge in [0, 0.05) is 16.4 Å². The SMILES string of the molecule is CCCCC(CC)C(=O)c1ccc(SC(F)(F)F)cc1. The van der Waals surface area contributed by atoms with Crippen molar-refractivity contribution in [3.8, 4) is 0 Å². The Morgan fingerprint density at radius 2 is 1.80 bits per heavy atom. The molecule has 0 aliphatic carbocycles. The average Bonchev–Trinajstić information content (AvgIpc) is 2.38. The van der Waals surface area contributed by atoms with Gasteiger partial charge < -0.3 is 0 Å². The van der Waals surface area contributed by atoms with E-state index in [4.69, 9.17) is 0 Å². The first-order valence-electron chi connectivity index (χ1n) is 6.77. The third-order valence-electron chi connectivity index (χ3n) is 3.14. The summed E-state index contributed by atoms with van der Waals surface area (Å²) in [4.78, 5) is 12.4. The number of halogens is 3. The zero-order chi connectivity index (χ0) is 15.2. The lowest BCUT2D eigenvalue weighted by atomic mass is 9.91. The summed E-state index contributed by atoms with van der Waals surface area (Å²) in [5, 5.41) is 0. The number of hydrogen-bond acceptors (Lipinski definition) is 2. The molecule has 0 bridgehead atoms. The highest BCUT2D eigenvalue weighted by Crippen LogP contribution is 2.36. The number of unbranched alkanes of at least 4 members (excludes halogenated alkanes) is 1. The molecule has 0 fully saturated rings. The summed E-state index contributed by atoms with van der Waals surface area (Å²) in [6, 6.07) is 5.70. The Kier molecular flexibility index (Phi) is 6.59. The highest BCUT2D eigenvalue weighted by Gasteiger charge is 2.29. The van der Waals surface area contributed by atoms with Gasteiger partial charge in [-0.15, -0.1) is 0 Å². The van der Waals surface area contributed by atoms with Crippen LogP contribution in [0.5, 0.6) is 0 Å². The minimum atomic E-state index is -4.29. The van der Waals surface area contributed by atoms with Crippen LogP contribution in [0.4, 0.5) is 13.2 Å². The van der Waals surface area contributed by atoms with Gasteiger partial charge in [-0.05, 0) is 36.7 Å². The standard InChI is InChI=1S/C15H19F3OS/c1-3-5-6-11(4-2)14(19)12-7-9-13(10-8-12)20-15(16,17)18/h7-11H,3-6H2,1-2H3. The number of alkyl halides is 3. The molecule has 0 radical (unpaired) electrons. The van der Waals surface area contributed by atoms with E-state index < -0.39 is 5.51 Å². The first kappa shape index (κ1) is 17.1. The summed E-state index contributed by atoms with van der Waals surface area (Å²) in [6.45, 7) is 4.03. The fourth-order valence-electron chi connectivity index (χ4n) is 2.03. The van der Waals surface area contributed by atoms with Crippen molar-refractivity contribution in [3.63, 3.8) is 0 Å². The molecule has 20 heavy (non-hydrogen) atoms. The molecule has 5 heteroatoms. The molecule has 0 saturated heterocycles. The van der Waals surface area contributed by atoms with Crippen LogP contribution in [0.1, 0.15) is 49.9 Å². The molecule has 0 N–H and O–H groups in total. The van der Waals surface area contributed by atoms with Crippen molar-refractivity contribution in [1.82, 2.24) is 0 Å². The van der Waals surface area contributed by atoms with Gasteiger partial charge in [0.1, 0.15) is 0 Å². The fourth-order valence-corrected chi connectivity index (χ4v) is 2.57. The zero-order valence-corrected chi connectivity index (χ0v) is 12.5. The van der Waals surface area contributed by atoms with Gasteiger partial charge in [0.25, 0.3) is 0 Å². The van der Waals surface area contributed by atoms with Crippen LogP contribution in [0.15, 0.2) is 29.2 Å². The van der Waals surface area contributed by atoms with Crippen molar-refractivity contribution < 1.29 is 18.0 Å². The quantitative estimate of drug-likeness (QED) is 0.475. The van der Waals surface area contributed by atoms with Crippen LogP contribution in [0.25, 0.3) is 0 Å². The number of benzene rings is 1. The number of rotatable bonds is 7. The van der Waals surface area contributed by atoms with Crippen LogP contribution < -0.4 is 0 Å². The molecule has 0 saturated carbocycles. The molecule has 1 aromatic rings. The van der Waals surface area contributed by atoms with Crippen LogP contribution in [-0.4, -0.2) is 11.3 Å². The normalized spacial score (nSPS) is 13.2. The van der Waals surface area contributed by atoms with Crippen molar-refractivity contribution in [2.75, 3.05) is 0 Å². The van der Waals surface area contributed by atoms with Gasteiger partial charge in [0.15, 0.2) is 5.78 Å². The number of carbonyl (C=O) groups excluding carboxylic acids is 1. The maximum atomic E-state index is 12.2. The van der Waals surface area contributed by atoms with E-state index >= 15 is 0 Å². The van der Waals surface area contributed by atoms with E-state index in [0.29, 0.717) is 5.56 Å². The smallest absolute Gasteiger partial charge is 0.294 e. The van der Waals surface area contributed by atoms with Gasteiger partial charge in [0.2, 0.25) is 0 Å². The molecule has 112 valence electrons. The topological polar surface area (TPSA) is 17.1 Å². The molecule has 0 amide bonds. The van der Waals surface area contributed by atoms with E-state index in [1.54, 1.807) is 0 Å². The molecular weight excluding hydrogens is 285 g/mol. The Morgan fingerprint density at radius 3 is 2.25 bits per heavy atom. The van der Waals surface area contributed by atoms with Gasteiger partial charge in [-0.25, -0.2) is 0 Å². The summed E-state index contributed by atoms with van der Waals surface area (Å²) < 4.78 is 36.7.